The molecule has 8 nitrogen and oxygen atoms in total. The maximum absolute atomic E-state index is 13.9. The highest BCUT2D eigenvalue weighted by atomic mass is 16.4. The van der Waals surface area contributed by atoms with Crippen LogP contribution in [-0.2, 0) is 23.3 Å². The molecular weight excluding hydrogens is 396 g/mol. The molecule has 3 rings (SSSR count). The second-order valence-electron chi connectivity index (χ2n) is 6.42. The molecule has 2 heterocycles. The number of aromatic nitrogens is 4. The van der Waals surface area contributed by atoms with Gasteiger partial charge in [0.05, 0.1) is 2.74 Å². The Labute approximate surface area is 219 Å². The van der Waals surface area contributed by atoms with Crippen molar-refractivity contribution >= 4 is 17.1 Å². The lowest BCUT2D eigenvalue weighted by atomic mass is 9.61. The van der Waals surface area contributed by atoms with Crippen LogP contribution in [0.5, 0.6) is 0 Å². The fourth-order valence-electron chi connectivity index (χ4n) is 2.76. The molecule has 2 aromatic rings. The fourth-order valence-corrected chi connectivity index (χ4v) is 2.76. The molecule has 0 bridgehead atoms. The molecule has 0 saturated heterocycles. The van der Waals surface area contributed by atoms with Gasteiger partial charge in [-0.15, -0.1) is 0 Å². The zero-order chi connectivity index (χ0) is 45.5. The molecule has 2 N–H and O–H groups in total. The normalized spacial score (nSPS) is 46.1. The molecule has 0 amide bonds. The minimum absolute atomic E-state index is 0.158. The van der Waals surface area contributed by atoms with Crippen LogP contribution < -0.4 is 11.2 Å². The highest BCUT2D eigenvalue weighted by Gasteiger charge is 2.42. The molecule has 1 fully saturated rings. The van der Waals surface area contributed by atoms with Gasteiger partial charge in [0.1, 0.15) is 11.3 Å². The lowest BCUT2D eigenvalue weighted by Gasteiger charge is -2.44. The number of carbonyl (C=O) groups is 1. The molecule has 0 unspecified atom stereocenters. The lowest BCUT2D eigenvalue weighted by Crippen LogP contribution is -2.40. The number of hydrogen-bond acceptors (Lipinski definition) is 4. The van der Waals surface area contributed by atoms with Gasteiger partial charge in [-0.3, -0.25) is 18.7 Å². The summed E-state index contributed by atoms with van der Waals surface area (Å²) in [5.74, 6) is -4.29. The number of aryl methyl sites for hydroxylation is 1. The molecule has 31 heavy (non-hydrogen) atoms. The van der Waals surface area contributed by atoms with Crippen LogP contribution >= 0.6 is 0 Å². The van der Waals surface area contributed by atoms with Crippen LogP contribution in [0, 0.1) is 5.41 Å². The Morgan fingerprint density at radius 1 is 1.29 bits per heavy atom. The minimum Gasteiger partial charge on any atom is -0.481 e. The van der Waals surface area contributed by atoms with Gasteiger partial charge in [-0.05, 0) is 50.1 Å². The smallest absolute Gasteiger partial charge is 0.332 e. The number of imidazole rings is 1. The predicted molar refractivity (Wildman–Crippen MR) is 121 cm³/mol. The summed E-state index contributed by atoms with van der Waals surface area (Å²) in [5, 5.41) is 9.68. The van der Waals surface area contributed by atoms with E-state index in [1.54, 1.807) is 0 Å². The van der Waals surface area contributed by atoms with Crippen molar-refractivity contribution in [2.75, 3.05) is 0 Å². The Kier molecular flexibility index (Phi) is 1.98. The van der Waals surface area contributed by atoms with E-state index in [1.165, 1.54) is 0 Å². The number of aliphatic carboxylic acids is 1. The van der Waals surface area contributed by atoms with E-state index in [1.807, 2.05) is 4.98 Å². The summed E-state index contributed by atoms with van der Waals surface area (Å²) in [6.45, 7) is -15.1. The Balaban J connectivity index is 2.73. The standard InChI is InChI=1S/C23H36N4O4/c1-5-14-26-18-17(19(30)27(15-6-2)21(26)31)24-20(25-18)22(4)10-12-23(7-3,13-11-22)9-8-16(28)29/h5-15H2,1-4H3,(H,24,25)(H,28,29)/i1D3,2D3,3D2,6D2,7D2,8D2,9D2,10D2,11D2,12D2,13D2,15D2. The van der Waals surface area contributed by atoms with Crippen molar-refractivity contribution in [3.63, 3.8) is 0 Å². The third kappa shape index (κ3) is 4.34. The fraction of sp³-hybridized carbons (Fsp3) is 0.739. The molecule has 1 aliphatic carbocycles. The molecule has 1 saturated carbocycles. The monoisotopic (exact) mass is 458 g/mol. The molecule has 2 aromatic heterocycles. The van der Waals surface area contributed by atoms with Gasteiger partial charge in [0.15, 0.2) is 5.65 Å². The topological polar surface area (TPSA) is 110 Å². The van der Waals surface area contributed by atoms with Crippen LogP contribution in [-0.4, -0.2) is 30.2 Å². The summed E-state index contributed by atoms with van der Waals surface area (Å²) < 4.78 is 216. The number of hydrogen-bond donors (Lipinski definition) is 2. The molecule has 0 radical (unpaired) electrons. The second kappa shape index (κ2) is 9.01. The highest BCUT2D eigenvalue weighted by molar-refractivity contribution is 5.70. The predicted octanol–water partition coefficient (Wildman–Crippen LogP) is 3.80. The molecule has 172 valence electrons. The first-order valence-electron chi connectivity index (χ1n) is 21.8. The maximum Gasteiger partial charge on any atom is 0.332 e. The lowest BCUT2D eigenvalue weighted by molar-refractivity contribution is -0.137. The van der Waals surface area contributed by atoms with Gasteiger partial charge >= 0.3 is 11.7 Å². The largest absolute Gasteiger partial charge is 0.481 e. The Morgan fingerprint density at radius 2 is 2.06 bits per heavy atom. The van der Waals surface area contributed by atoms with E-state index in [-0.39, 0.29) is 4.57 Å². The van der Waals surface area contributed by atoms with Crippen LogP contribution in [0.3, 0.4) is 0 Å². The van der Waals surface area contributed by atoms with Gasteiger partial charge < -0.3 is 10.1 Å². The third-order valence-corrected chi connectivity index (χ3v) is 4.33. The molecule has 1 aliphatic rings. The molecule has 0 aliphatic heterocycles. The van der Waals surface area contributed by atoms with Crippen LogP contribution in [0.25, 0.3) is 11.2 Å². The van der Waals surface area contributed by atoms with Crippen molar-refractivity contribution < 1.29 is 45.5 Å². The van der Waals surface area contributed by atoms with E-state index in [4.69, 9.17) is 35.6 Å². The van der Waals surface area contributed by atoms with Crippen molar-refractivity contribution in [1.82, 2.24) is 19.1 Å². The molecule has 0 atom stereocenters. The number of H-pyrrole nitrogens is 1. The van der Waals surface area contributed by atoms with Gasteiger partial charge in [-0.2, -0.15) is 0 Å². The number of nitrogens with zero attached hydrogens (tertiary/aromatic N) is 3. The average molecular weight is 459 g/mol. The van der Waals surface area contributed by atoms with Crippen molar-refractivity contribution in [3.05, 3.63) is 26.7 Å². The van der Waals surface area contributed by atoms with Gasteiger partial charge in [-0.25, -0.2) is 9.78 Å². The minimum atomic E-state index is -4.99. The van der Waals surface area contributed by atoms with E-state index in [0.717, 1.165) is 0 Å². The van der Waals surface area contributed by atoms with Gasteiger partial charge in [0, 0.05) is 57.7 Å². The zero-order valence-electron chi connectivity index (χ0n) is 42.0. The molecule has 8 heteroatoms. The summed E-state index contributed by atoms with van der Waals surface area (Å²) in [6, 6.07) is 0. The van der Waals surface area contributed by atoms with E-state index in [9.17, 15) is 19.5 Å². The highest BCUT2D eigenvalue weighted by Crippen LogP contribution is 2.50. The zero-order valence-corrected chi connectivity index (χ0v) is 16.0. The Hall–Kier alpha value is -2.38. The summed E-state index contributed by atoms with van der Waals surface area (Å²) >= 11 is 0. The van der Waals surface area contributed by atoms with Crippen LogP contribution in [0.2, 0.25) is 0 Å². The number of aromatic amines is 1. The summed E-state index contributed by atoms with van der Waals surface area (Å²) in [4.78, 5) is 45.6. The first-order valence-corrected chi connectivity index (χ1v) is 8.61. The van der Waals surface area contributed by atoms with Gasteiger partial charge in [-0.1, -0.05) is 33.9 Å². The molecule has 0 spiro atoms. The van der Waals surface area contributed by atoms with Gasteiger partial charge in [0.2, 0.25) is 0 Å². The number of carboxylic acid groups (broad SMARTS) is 1. The third-order valence-electron chi connectivity index (χ3n) is 4.33. The number of fused-ring (bicyclic) bond motifs is 1. The SMILES string of the molecule is [2H]C([2H])C([2H])([2H])C1(C([2H])([2H])C([2H])([2H])C(=O)O)C([2H])([2H])C([2H])([2H])C(C)(c2nc3c([nH]2)c(=O)n(C([2H])([2H])C([2H])([2H])C([2H])([2H])[2H])c(=O)n3CCC([2H])([2H])[2H])C([2H])([2H])C1([2H])[2H]. The summed E-state index contributed by atoms with van der Waals surface area (Å²) in [6.07, 6.45) is -37.8. The van der Waals surface area contributed by atoms with E-state index in [2.05, 4.69) is 4.98 Å². The second-order valence-corrected chi connectivity index (χ2v) is 6.42. The van der Waals surface area contributed by atoms with Crippen LogP contribution in [0.4, 0.5) is 0 Å². The molecule has 0 aromatic carbocycles. The first kappa shape index (κ1) is 6.81. The number of rotatable bonds is 9. The Morgan fingerprint density at radius 3 is 2.71 bits per heavy atom. The summed E-state index contributed by atoms with van der Waals surface area (Å²) in [7, 11) is 0. The van der Waals surface area contributed by atoms with Crippen molar-refractivity contribution in [3.8, 4) is 0 Å². The van der Waals surface area contributed by atoms with Crippen molar-refractivity contribution in [2.45, 2.75) is 103 Å². The quantitative estimate of drug-likeness (QED) is 0.594. The van der Waals surface area contributed by atoms with E-state index < -0.39 is 141 Å². The van der Waals surface area contributed by atoms with E-state index in [0.29, 0.717) is 6.92 Å². The van der Waals surface area contributed by atoms with E-state index >= 15 is 0 Å². The van der Waals surface area contributed by atoms with Crippen LogP contribution in [0.15, 0.2) is 9.59 Å². The van der Waals surface area contributed by atoms with Crippen LogP contribution in [0.1, 0.15) is 126 Å². The van der Waals surface area contributed by atoms with Crippen molar-refractivity contribution in [2.24, 2.45) is 5.41 Å². The number of carboxylic acids is 1. The maximum atomic E-state index is 13.9. The number of nitrogens with one attached hydrogen (secondary N) is 1. The summed E-state index contributed by atoms with van der Waals surface area (Å²) in [5.41, 5.74) is -15.1. The average Bonchev–Trinajstić information content (AvgIpc) is 3.43. The van der Waals surface area contributed by atoms with Crippen molar-refractivity contribution in [1.29, 1.82) is 0 Å². The van der Waals surface area contributed by atoms with Gasteiger partial charge in [0.25, 0.3) is 5.56 Å². The first-order chi connectivity index (χ1) is 24.8. The Bertz CT molecular complexity index is 2030. The molecular formula is C23H36N4O4.